The molecule has 2 heterocycles. The number of methoxy groups -OCH3 is 2. The molecule has 10 heteroatoms. The number of benzene rings is 2. The number of ether oxygens (including phenoxy) is 2. The van der Waals surface area contributed by atoms with Gasteiger partial charge in [-0.1, -0.05) is 48.5 Å². The normalized spacial score (nSPS) is 17.2. The third kappa shape index (κ3) is 4.35. The van der Waals surface area contributed by atoms with Crippen LogP contribution in [0.4, 0.5) is 5.69 Å². The number of thioether (sulfide) groups is 1. The number of amides is 1. The van der Waals surface area contributed by atoms with Crippen molar-refractivity contribution in [3.63, 3.8) is 0 Å². The number of aryl methyl sites for hydroxylation is 1. The molecule has 0 saturated carbocycles. The summed E-state index contributed by atoms with van der Waals surface area (Å²) in [6.45, 7) is 2.09. The molecule has 2 atom stereocenters. The maximum Gasteiger partial charge on any atom is 0.240 e. The first kappa shape index (κ1) is 22.3. The van der Waals surface area contributed by atoms with Crippen LogP contribution < -0.4 is 20.2 Å². The Morgan fingerprint density at radius 2 is 1.97 bits per heavy atom. The molecule has 0 unspecified atom stereocenters. The van der Waals surface area contributed by atoms with Crippen LogP contribution in [0.1, 0.15) is 30.8 Å². The first-order valence-corrected chi connectivity index (χ1v) is 11.5. The van der Waals surface area contributed by atoms with Gasteiger partial charge in [-0.2, -0.15) is 0 Å². The molecule has 2 N–H and O–H groups in total. The Morgan fingerprint density at radius 1 is 1.19 bits per heavy atom. The Kier molecular flexibility index (Phi) is 6.76. The molecule has 0 aliphatic carbocycles. The van der Waals surface area contributed by atoms with Crippen LogP contribution in [0.3, 0.4) is 0 Å². The SMILES string of the molecule is CCCc1nnc2n1N[C@@H](c1ccc(OC)c(Cl)c1)[C@@H](C(=O)Nc1ccccc1OC)S2. The van der Waals surface area contributed by atoms with E-state index in [0.717, 1.165) is 24.2 Å². The average Bonchev–Trinajstić information content (AvgIpc) is 3.20. The van der Waals surface area contributed by atoms with Crippen molar-refractivity contribution in [1.82, 2.24) is 14.9 Å². The monoisotopic (exact) mass is 473 g/mol. The van der Waals surface area contributed by atoms with Gasteiger partial charge in [-0.3, -0.25) is 4.79 Å². The molecule has 0 saturated heterocycles. The molecule has 4 rings (SSSR count). The van der Waals surface area contributed by atoms with E-state index >= 15 is 0 Å². The van der Waals surface area contributed by atoms with E-state index in [4.69, 9.17) is 21.1 Å². The van der Waals surface area contributed by atoms with E-state index in [1.54, 1.807) is 32.4 Å². The highest BCUT2D eigenvalue weighted by Crippen LogP contribution is 2.40. The van der Waals surface area contributed by atoms with Crippen LogP contribution in [0.25, 0.3) is 0 Å². The van der Waals surface area contributed by atoms with Gasteiger partial charge in [0, 0.05) is 6.42 Å². The molecule has 0 radical (unpaired) electrons. The van der Waals surface area contributed by atoms with E-state index in [0.29, 0.717) is 27.4 Å². The Hall–Kier alpha value is -2.91. The molecular formula is C22H24ClN5O3S. The lowest BCUT2D eigenvalue weighted by Crippen LogP contribution is -2.41. The van der Waals surface area contributed by atoms with Gasteiger partial charge >= 0.3 is 0 Å². The number of rotatable bonds is 7. The molecule has 0 fully saturated rings. The number of halogens is 1. The first-order valence-electron chi connectivity index (χ1n) is 10.2. The van der Waals surface area contributed by atoms with Crippen LogP contribution in [-0.4, -0.2) is 40.3 Å². The van der Waals surface area contributed by atoms with Crippen molar-refractivity contribution < 1.29 is 14.3 Å². The number of hydrogen-bond donors (Lipinski definition) is 2. The minimum Gasteiger partial charge on any atom is -0.495 e. The van der Waals surface area contributed by atoms with Crippen molar-refractivity contribution in [3.8, 4) is 11.5 Å². The zero-order valence-electron chi connectivity index (χ0n) is 18.0. The third-order valence-electron chi connectivity index (χ3n) is 5.14. The fraction of sp³-hybridized carbons (Fsp3) is 0.318. The van der Waals surface area contributed by atoms with Crippen molar-refractivity contribution >= 4 is 35.0 Å². The Labute approximate surface area is 195 Å². The minimum atomic E-state index is -0.532. The van der Waals surface area contributed by atoms with Crippen molar-refractivity contribution in [2.45, 2.75) is 36.2 Å². The zero-order valence-corrected chi connectivity index (χ0v) is 19.5. The second-order valence-corrected chi connectivity index (χ2v) is 8.73. The van der Waals surface area contributed by atoms with E-state index < -0.39 is 5.25 Å². The Morgan fingerprint density at radius 3 is 2.69 bits per heavy atom. The quantitative estimate of drug-likeness (QED) is 0.528. The smallest absolute Gasteiger partial charge is 0.240 e. The number of aromatic nitrogens is 3. The van der Waals surface area contributed by atoms with Gasteiger partial charge in [-0.05, 0) is 36.2 Å². The van der Waals surface area contributed by atoms with Crippen molar-refractivity contribution in [3.05, 3.63) is 58.9 Å². The summed E-state index contributed by atoms with van der Waals surface area (Å²) in [5.41, 5.74) is 4.89. The van der Waals surface area contributed by atoms with E-state index in [-0.39, 0.29) is 11.9 Å². The highest BCUT2D eigenvalue weighted by Gasteiger charge is 2.38. The molecule has 3 aromatic rings. The van der Waals surface area contributed by atoms with E-state index in [1.807, 2.05) is 28.9 Å². The van der Waals surface area contributed by atoms with Gasteiger partial charge in [0.1, 0.15) is 16.7 Å². The van der Waals surface area contributed by atoms with Gasteiger partial charge < -0.3 is 20.2 Å². The zero-order chi connectivity index (χ0) is 22.7. The number of anilines is 1. The van der Waals surface area contributed by atoms with E-state index in [2.05, 4.69) is 27.9 Å². The molecule has 0 spiro atoms. The number of nitrogens with one attached hydrogen (secondary N) is 2. The van der Waals surface area contributed by atoms with Crippen molar-refractivity contribution in [2.75, 3.05) is 25.0 Å². The van der Waals surface area contributed by atoms with E-state index in [9.17, 15) is 4.79 Å². The highest BCUT2D eigenvalue weighted by molar-refractivity contribution is 8.00. The fourth-order valence-corrected chi connectivity index (χ4v) is 4.93. The molecule has 32 heavy (non-hydrogen) atoms. The highest BCUT2D eigenvalue weighted by atomic mass is 35.5. The number of nitrogens with zero attached hydrogens (tertiary/aromatic N) is 3. The maximum absolute atomic E-state index is 13.4. The van der Waals surface area contributed by atoms with Crippen LogP contribution in [0.5, 0.6) is 11.5 Å². The summed E-state index contributed by atoms with van der Waals surface area (Å²) < 4.78 is 12.5. The predicted octanol–water partition coefficient (Wildman–Crippen LogP) is 4.30. The van der Waals surface area contributed by atoms with Crippen LogP contribution >= 0.6 is 23.4 Å². The van der Waals surface area contributed by atoms with Gasteiger partial charge in [0.2, 0.25) is 11.1 Å². The van der Waals surface area contributed by atoms with Gasteiger partial charge in [0.15, 0.2) is 5.82 Å². The summed E-state index contributed by atoms with van der Waals surface area (Å²) in [5.74, 6) is 1.80. The molecule has 1 aliphatic heterocycles. The first-order chi connectivity index (χ1) is 15.5. The predicted molar refractivity (Wildman–Crippen MR) is 125 cm³/mol. The summed E-state index contributed by atoms with van der Waals surface area (Å²) in [6.07, 6.45) is 1.70. The molecule has 0 bridgehead atoms. The van der Waals surface area contributed by atoms with Crippen molar-refractivity contribution in [1.29, 1.82) is 0 Å². The summed E-state index contributed by atoms with van der Waals surface area (Å²) in [4.78, 5) is 13.4. The lowest BCUT2D eigenvalue weighted by Gasteiger charge is -2.33. The minimum absolute atomic E-state index is 0.185. The lowest BCUT2D eigenvalue weighted by atomic mass is 10.0. The molecule has 1 aliphatic rings. The molecule has 168 valence electrons. The largest absolute Gasteiger partial charge is 0.495 e. The summed E-state index contributed by atoms with van der Waals surface area (Å²) in [7, 11) is 3.14. The molecule has 1 aromatic heterocycles. The van der Waals surface area contributed by atoms with E-state index in [1.165, 1.54) is 11.8 Å². The molecular weight excluding hydrogens is 450 g/mol. The van der Waals surface area contributed by atoms with Gasteiger partial charge in [0.25, 0.3) is 0 Å². The summed E-state index contributed by atoms with van der Waals surface area (Å²) in [5, 5.41) is 12.2. The molecule has 2 aromatic carbocycles. The Balaban J connectivity index is 1.70. The number of para-hydroxylation sites is 2. The summed E-state index contributed by atoms with van der Waals surface area (Å²) >= 11 is 7.76. The van der Waals surface area contributed by atoms with Gasteiger partial charge in [-0.15, -0.1) is 10.2 Å². The van der Waals surface area contributed by atoms with Crippen LogP contribution in [-0.2, 0) is 11.2 Å². The van der Waals surface area contributed by atoms with Gasteiger partial charge in [-0.25, -0.2) is 4.68 Å². The summed E-state index contributed by atoms with van der Waals surface area (Å²) in [6, 6.07) is 12.4. The van der Waals surface area contributed by atoms with Crippen molar-refractivity contribution in [2.24, 2.45) is 0 Å². The third-order valence-corrected chi connectivity index (χ3v) is 6.65. The second-order valence-electron chi connectivity index (χ2n) is 7.21. The lowest BCUT2D eigenvalue weighted by molar-refractivity contribution is -0.116. The van der Waals surface area contributed by atoms with Gasteiger partial charge in [0.05, 0.1) is 31.0 Å². The van der Waals surface area contributed by atoms with Crippen LogP contribution in [0.15, 0.2) is 47.6 Å². The van der Waals surface area contributed by atoms with Crippen LogP contribution in [0, 0.1) is 0 Å². The Bertz CT molecular complexity index is 1120. The second kappa shape index (κ2) is 9.70. The number of carbonyl (C=O) groups excluding carboxylic acids is 1. The molecule has 8 nitrogen and oxygen atoms in total. The molecule has 1 amide bonds. The average molecular weight is 474 g/mol. The fourth-order valence-electron chi connectivity index (χ4n) is 3.56. The topological polar surface area (TPSA) is 90.3 Å². The standard InChI is InChI=1S/C22H24ClN5O3S/c1-4-7-18-25-26-22-28(18)27-19(13-10-11-16(30-2)14(23)12-13)20(32-22)21(29)24-15-8-5-6-9-17(15)31-3/h5-6,8-12,19-20,27H,4,7H2,1-3H3,(H,24,29)/t19-,20-/m0/s1. The number of fused-ring (bicyclic) bond motifs is 1. The maximum atomic E-state index is 13.4. The number of hydrogen-bond acceptors (Lipinski definition) is 7. The van der Waals surface area contributed by atoms with Crippen LogP contribution in [0.2, 0.25) is 5.02 Å². The number of carbonyl (C=O) groups is 1.